The lowest BCUT2D eigenvalue weighted by Crippen LogP contribution is -2.45. The number of rotatable bonds is 2. The SMILES string of the molecule is c1ccc2c(c1)C[C@H]1CC[C@H](C2)N(Cc2cc3ccccc3s2)C1. The number of hydrogen-bond acceptors (Lipinski definition) is 2. The van der Waals surface area contributed by atoms with Gasteiger partial charge in [0, 0.05) is 28.7 Å². The van der Waals surface area contributed by atoms with Crippen LogP contribution in [0.2, 0.25) is 0 Å². The first kappa shape index (κ1) is 14.7. The van der Waals surface area contributed by atoms with Crippen LogP contribution in [0.1, 0.15) is 28.8 Å². The topological polar surface area (TPSA) is 3.24 Å². The third-order valence-corrected chi connectivity index (χ3v) is 6.94. The smallest absolute Gasteiger partial charge is 0.0346 e. The highest BCUT2D eigenvalue weighted by atomic mass is 32.1. The van der Waals surface area contributed by atoms with Crippen molar-refractivity contribution < 1.29 is 0 Å². The number of nitrogens with zero attached hydrogens (tertiary/aromatic N) is 1. The molecule has 0 N–H and O–H groups in total. The normalized spacial score (nSPS) is 23.8. The monoisotopic (exact) mass is 333 g/mol. The maximum absolute atomic E-state index is 2.77. The van der Waals surface area contributed by atoms with Crippen LogP contribution in [0.4, 0.5) is 0 Å². The highest BCUT2D eigenvalue weighted by molar-refractivity contribution is 7.19. The summed E-state index contributed by atoms with van der Waals surface area (Å²) in [4.78, 5) is 4.30. The molecule has 3 aliphatic rings. The first-order valence-corrected chi connectivity index (χ1v) is 9.95. The van der Waals surface area contributed by atoms with Gasteiger partial charge in [-0.1, -0.05) is 42.5 Å². The van der Waals surface area contributed by atoms with Crippen molar-refractivity contribution in [1.82, 2.24) is 4.90 Å². The molecule has 3 heterocycles. The van der Waals surface area contributed by atoms with Crippen LogP contribution in [0.3, 0.4) is 0 Å². The van der Waals surface area contributed by atoms with Crippen molar-refractivity contribution in [2.75, 3.05) is 6.54 Å². The van der Waals surface area contributed by atoms with E-state index in [9.17, 15) is 0 Å². The van der Waals surface area contributed by atoms with Gasteiger partial charge >= 0.3 is 0 Å². The van der Waals surface area contributed by atoms with Gasteiger partial charge in [0.1, 0.15) is 0 Å². The van der Waals surface area contributed by atoms with Gasteiger partial charge in [-0.3, -0.25) is 4.90 Å². The number of fused-ring (bicyclic) bond motifs is 3. The van der Waals surface area contributed by atoms with Crippen LogP contribution < -0.4 is 0 Å². The van der Waals surface area contributed by atoms with Crippen molar-refractivity contribution in [3.05, 3.63) is 70.6 Å². The van der Waals surface area contributed by atoms with Crippen molar-refractivity contribution >= 4 is 21.4 Å². The first-order valence-electron chi connectivity index (χ1n) is 9.13. The van der Waals surface area contributed by atoms with Crippen molar-refractivity contribution in [3.63, 3.8) is 0 Å². The zero-order chi connectivity index (χ0) is 15.9. The van der Waals surface area contributed by atoms with E-state index in [-0.39, 0.29) is 0 Å². The molecule has 1 aromatic heterocycles. The molecule has 24 heavy (non-hydrogen) atoms. The van der Waals surface area contributed by atoms with Gasteiger partial charge in [0.25, 0.3) is 0 Å². The number of piperidine rings is 1. The Morgan fingerprint density at radius 1 is 0.917 bits per heavy atom. The second kappa shape index (κ2) is 6.02. The second-order valence-electron chi connectivity index (χ2n) is 7.45. The van der Waals surface area contributed by atoms with E-state index in [2.05, 4.69) is 59.5 Å². The molecule has 122 valence electrons. The van der Waals surface area contributed by atoms with Crippen LogP contribution in [0.25, 0.3) is 10.1 Å². The number of thiophene rings is 1. The molecule has 0 amide bonds. The minimum atomic E-state index is 0.716. The summed E-state index contributed by atoms with van der Waals surface area (Å²) in [6.07, 6.45) is 5.27. The molecule has 2 bridgehead atoms. The molecule has 6 rings (SSSR count). The molecule has 1 fully saturated rings. The lowest BCUT2D eigenvalue weighted by atomic mass is 9.80. The van der Waals surface area contributed by atoms with Gasteiger partial charge in [0.05, 0.1) is 0 Å². The van der Waals surface area contributed by atoms with Crippen LogP contribution in [0.15, 0.2) is 54.6 Å². The summed E-state index contributed by atoms with van der Waals surface area (Å²) in [6, 6.07) is 21.0. The summed E-state index contributed by atoms with van der Waals surface area (Å²) in [5.74, 6) is 0.831. The lowest BCUT2D eigenvalue weighted by Gasteiger charge is -2.42. The van der Waals surface area contributed by atoms with Crippen molar-refractivity contribution in [2.24, 2.45) is 5.92 Å². The summed E-state index contributed by atoms with van der Waals surface area (Å²) < 4.78 is 1.43. The van der Waals surface area contributed by atoms with Crippen LogP contribution in [-0.4, -0.2) is 17.5 Å². The zero-order valence-corrected chi connectivity index (χ0v) is 14.8. The summed E-state index contributed by atoms with van der Waals surface area (Å²) in [7, 11) is 0. The van der Waals surface area contributed by atoms with E-state index < -0.39 is 0 Å². The predicted molar refractivity (Wildman–Crippen MR) is 103 cm³/mol. The highest BCUT2D eigenvalue weighted by Gasteiger charge is 2.31. The van der Waals surface area contributed by atoms with Gasteiger partial charge in [0.2, 0.25) is 0 Å². The molecule has 3 aromatic rings. The van der Waals surface area contributed by atoms with Gasteiger partial charge in [-0.25, -0.2) is 0 Å². The molecular formula is C22H23NS. The molecule has 1 aliphatic carbocycles. The maximum Gasteiger partial charge on any atom is 0.0346 e. The molecular weight excluding hydrogens is 310 g/mol. The Hall–Kier alpha value is -1.64. The van der Waals surface area contributed by atoms with E-state index in [0.717, 1.165) is 12.5 Å². The summed E-state index contributed by atoms with van der Waals surface area (Å²) in [5, 5.41) is 1.40. The van der Waals surface area contributed by atoms with Gasteiger partial charge < -0.3 is 0 Å². The zero-order valence-electron chi connectivity index (χ0n) is 13.9. The van der Waals surface area contributed by atoms with Crippen molar-refractivity contribution in [1.29, 1.82) is 0 Å². The van der Waals surface area contributed by atoms with E-state index >= 15 is 0 Å². The van der Waals surface area contributed by atoms with Gasteiger partial charge in [-0.15, -0.1) is 11.3 Å². The summed E-state index contributed by atoms with van der Waals surface area (Å²) in [5.41, 5.74) is 3.20. The van der Waals surface area contributed by atoms with Crippen LogP contribution in [0, 0.1) is 5.92 Å². The van der Waals surface area contributed by atoms with Crippen LogP contribution in [-0.2, 0) is 19.4 Å². The third-order valence-electron chi connectivity index (χ3n) is 5.84. The fourth-order valence-electron chi connectivity index (χ4n) is 4.61. The van der Waals surface area contributed by atoms with E-state index in [1.54, 1.807) is 11.1 Å². The Labute approximate surface area is 147 Å². The Balaban J connectivity index is 1.43. The standard InChI is InChI=1S/C22H23NS/c1-2-6-18-12-20-10-9-16(11-17(18)5-1)14-23(20)15-21-13-19-7-3-4-8-22(19)24-21/h1-8,13,16,20H,9-12,14-15H2/t16-,20-/m1/s1. The molecule has 2 aromatic carbocycles. The first-order chi connectivity index (χ1) is 11.8. The average molecular weight is 334 g/mol. The summed E-state index contributed by atoms with van der Waals surface area (Å²) in [6.45, 7) is 2.40. The van der Waals surface area contributed by atoms with Crippen LogP contribution in [0.5, 0.6) is 0 Å². The fraction of sp³-hybridized carbons (Fsp3) is 0.364. The quantitative estimate of drug-likeness (QED) is 0.616. The predicted octanol–water partition coefficient (Wildman–Crippen LogP) is 5.28. The van der Waals surface area contributed by atoms with Gasteiger partial charge in [-0.05, 0) is 60.2 Å². The summed E-state index contributed by atoms with van der Waals surface area (Å²) >= 11 is 1.97. The molecule has 0 saturated carbocycles. The fourth-order valence-corrected chi connectivity index (χ4v) is 5.70. The van der Waals surface area contributed by atoms with E-state index in [4.69, 9.17) is 0 Å². The number of benzene rings is 2. The Morgan fingerprint density at radius 3 is 2.58 bits per heavy atom. The molecule has 2 atom stereocenters. The van der Waals surface area contributed by atoms with Gasteiger partial charge in [0.15, 0.2) is 0 Å². The van der Waals surface area contributed by atoms with E-state index in [1.807, 2.05) is 11.3 Å². The minimum absolute atomic E-state index is 0.716. The van der Waals surface area contributed by atoms with Gasteiger partial charge in [-0.2, -0.15) is 0 Å². The molecule has 2 heteroatoms. The molecule has 1 saturated heterocycles. The Morgan fingerprint density at radius 2 is 1.71 bits per heavy atom. The number of hydrogen-bond donors (Lipinski definition) is 0. The molecule has 0 spiro atoms. The lowest BCUT2D eigenvalue weighted by molar-refractivity contribution is 0.0949. The largest absolute Gasteiger partial charge is 0.295 e. The Kier molecular flexibility index (Phi) is 3.68. The molecule has 0 unspecified atom stereocenters. The highest BCUT2D eigenvalue weighted by Crippen LogP contribution is 2.34. The van der Waals surface area contributed by atoms with Crippen molar-refractivity contribution in [2.45, 2.75) is 38.3 Å². The maximum atomic E-state index is 2.77. The molecule has 2 aliphatic heterocycles. The van der Waals surface area contributed by atoms with E-state index in [1.165, 1.54) is 47.2 Å². The second-order valence-corrected chi connectivity index (χ2v) is 8.62. The van der Waals surface area contributed by atoms with Crippen LogP contribution >= 0.6 is 11.3 Å². The third kappa shape index (κ3) is 2.68. The molecule has 0 radical (unpaired) electrons. The molecule has 1 nitrogen and oxygen atoms in total. The van der Waals surface area contributed by atoms with E-state index in [0.29, 0.717) is 6.04 Å². The Bertz CT molecular complexity index is 832. The average Bonchev–Trinajstić information content (AvgIpc) is 2.98. The minimum Gasteiger partial charge on any atom is -0.295 e. The van der Waals surface area contributed by atoms with Crippen molar-refractivity contribution in [3.8, 4) is 0 Å².